The third-order valence-corrected chi connectivity index (χ3v) is 3.37. The van der Waals surface area contributed by atoms with Crippen LogP contribution in [0.3, 0.4) is 0 Å². The van der Waals surface area contributed by atoms with Gasteiger partial charge in [-0.05, 0) is 6.92 Å². The number of thioether (sulfide) groups is 1. The molecule has 0 heterocycles. The van der Waals surface area contributed by atoms with Gasteiger partial charge in [-0.15, -0.1) is 0 Å². The fourth-order valence-corrected chi connectivity index (χ4v) is 2.01. The van der Waals surface area contributed by atoms with Gasteiger partial charge in [0.05, 0.1) is 13.0 Å². The van der Waals surface area contributed by atoms with Crippen LogP contribution >= 0.6 is 11.8 Å². The zero-order valence-corrected chi connectivity index (χ0v) is 11.5. The summed E-state index contributed by atoms with van der Waals surface area (Å²) in [6.07, 6.45) is 0. The van der Waals surface area contributed by atoms with Crippen LogP contribution in [0, 0.1) is 5.92 Å². The lowest BCUT2D eigenvalue weighted by molar-refractivity contribution is -0.166. The van der Waals surface area contributed by atoms with Gasteiger partial charge in [0, 0.05) is 4.75 Å². The van der Waals surface area contributed by atoms with Crippen LogP contribution in [0.5, 0.6) is 0 Å². The van der Waals surface area contributed by atoms with E-state index in [-0.39, 0.29) is 9.86 Å². The summed E-state index contributed by atoms with van der Waals surface area (Å²) in [5.74, 6) is -1.59. The molecule has 0 rings (SSSR count). The average molecular weight is 248 g/mol. The molecule has 0 fully saturated rings. The summed E-state index contributed by atoms with van der Waals surface area (Å²) in [6.45, 7) is 8.52. The molecule has 0 amide bonds. The maximum atomic E-state index is 11.8. The van der Waals surface area contributed by atoms with E-state index in [4.69, 9.17) is 0 Å². The van der Waals surface area contributed by atoms with Crippen molar-refractivity contribution < 1.29 is 19.4 Å². The number of methoxy groups -OCH3 is 1. The van der Waals surface area contributed by atoms with Gasteiger partial charge >= 0.3 is 5.97 Å². The number of hydrogen-bond acceptors (Lipinski definition) is 5. The van der Waals surface area contributed by atoms with Crippen molar-refractivity contribution in [2.75, 3.05) is 7.11 Å². The van der Waals surface area contributed by atoms with Gasteiger partial charge in [0.15, 0.2) is 10.7 Å². The molecule has 0 radical (unpaired) electrons. The van der Waals surface area contributed by atoms with Gasteiger partial charge in [-0.25, -0.2) is 4.79 Å². The number of aliphatic hydroxyl groups is 1. The van der Waals surface area contributed by atoms with Crippen molar-refractivity contribution in [3.05, 3.63) is 0 Å². The van der Waals surface area contributed by atoms with Crippen molar-refractivity contribution in [3.63, 3.8) is 0 Å². The maximum Gasteiger partial charge on any atom is 0.338 e. The summed E-state index contributed by atoms with van der Waals surface area (Å²) in [7, 11) is 1.19. The number of ether oxygens (including phenoxy) is 1. The van der Waals surface area contributed by atoms with Crippen LogP contribution in [0.15, 0.2) is 0 Å². The summed E-state index contributed by atoms with van der Waals surface area (Å²) in [5.41, 5.74) is -1.77. The molecule has 2 atom stereocenters. The minimum atomic E-state index is -1.77. The number of carbonyl (C=O) groups is 2. The molecule has 16 heavy (non-hydrogen) atoms. The van der Waals surface area contributed by atoms with Crippen LogP contribution in [0.1, 0.15) is 34.6 Å². The second-order valence-corrected chi connectivity index (χ2v) is 6.73. The van der Waals surface area contributed by atoms with E-state index >= 15 is 0 Å². The molecule has 5 heteroatoms. The van der Waals surface area contributed by atoms with Crippen molar-refractivity contribution in [3.8, 4) is 0 Å². The third kappa shape index (κ3) is 4.14. The minimum Gasteiger partial charge on any atom is -0.467 e. The van der Waals surface area contributed by atoms with Crippen LogP contribution < -0.4 is 0 Å². The first-order valence-corrected chi connectivity index (χ1v) is 5.87. The van der Waals surface area contributed by atoms with Gasteiger partial charge in [0.25, 0.3) is 0 Å². The van der Waals surface area contributed by atoms with E-state index < -0.39 is 17.5 Å². The topological polar surface area (TPSA) is 63.6 Å². The Hall–Kier alpha value is -0.550. The van der Waals surface area contributed by atoms with Gasteiger partial charge in [0.2, 0.25) is 0 Å². The van der Waals surface area contributed by atoms with E-state index in [1.165, 1.54) is 21.0 Å². The second kappa shape index (κ2) is 5.19. The molecule has 4 nitrogen and oxygen atoms in total. The Kier molecular flexibility index (Phi) is 5.01. The number of carbonyl (C=O) groups excluding carboxylic acids is 2. The van der Waals surface area contributed by atoms with E-state index in [0.29, 0.717) is 0 Å². The van der Waals surface area contributed by atoms with Gasteiger partial charge in [0.1, 0.15) is 0 Å². The van der Waals surface area contributed by atoms with Crippen molar-refractivity contribution in [2.45, 2.75) is 45.0 Å². The summed E-state index contributed by atoms with van der Waals surface area (Å²) >= 11 is 1.11. The molecule has 0 saturated heterocycles. The molecule has 0 aliphatic carbocycles. The zero-order valence-electron chi connectivity index (χ0n) is 10.7. The van der Waals surface area contributed by atoms with Crippen LogP contribution in [0.2, 0.25) is 0 Å². The van der Waals surface area contributed by atoms with E-state index in [0.717, 1.165) is 11.8 Å². The van der Waals surface area contributed by atoms with E-state index in [9.17, 15) is 14.7 Å². The smallest absolute Gasteiger partial charge is 0.338 e. The highest BCUT2D eigenvalue weighted by atomic mass is 32.2. The fraction of sp³-hybridized carbons (Fsp3) is 0.818. The monoisotopic (exact) mass is 248 g/mol. The van der Waals surface area contributed by atoms with E-state index in [1.54, 1.807) is 0 Å². The van der Waals surface area contributed by atoms with Crippen molar-refractivity contribution in [2.24, 2.45) is 5.92 Å². The van der Waals surface area contributed by atoms with Crippen molar-refractivity contribution in [1.82, 2.24) is 0 Å². The lowest BCUT2D eigenvalue weighted by Gasteiger charge is -2.28. The Balaban J connectivity index is 4.73. The van der Waals surface area contributed by atoms with Crippen LogP contribution in [0.25, 0.3) is 0 Å². The number of rotatable bonds is 3. The van der Waals surface area contributed by atoms with Gasteiger partial charge in [-0.1, -0.05) is 39.5 Å². The Labute approximate surface area is 101 Å². The van der Waals surface area contributed by atoms with Crippen LogP contribution in [0.4, 0.5) is 0 Å². The Bertz CT molecular complexity index is 278. The van der Waals surface area contributed by atoms with Crippen LogP contribution in [-0.4, -0.2) is 33.6 Å². The normalized spacial score (nSPS) is 17.4. The first kappa shape index (κ1) is 15.4. The summed E-state index contributed by atoms with van der Waals surface area (Å²) in [4.78, 5) is 23.1. The molecule has 94 valence electrons. The largest absolute Gasteiger partial charge is 0.467 e. The molecular formula is C11H20O4S. The second-order valence-electron chi connectivity index (χ2n) is 4.89. The third-order valence-electron chi connectivity index (χ3n) is 2.20. The first-order valence-electron chi connectivity index (χ1n) is 5.06. The lowest BCUT2D eigenvalue weighted by atomic mass is 9.92. The standard InChI is InChI=1S/C11H20O4S/c1-7(8(12)16-10(2,3)4)11(5,14)9(13)15-6/h7,14H,1-6H3/t7-,11+/m0/s1. The summed E-state index contributed by atoms with van der Waals surface area (Å²) < 4.78 is 4.23. The highest BCUT2D eigenvalue weighted by Gasteiger charge is 2.42. The molecule has 0 saturated carbocycles. The average Bonchev–Trinajstić information content (AvgIpc) is 2.12. The Morgan fingerprint density at radius 3 is 2.00 bits per heavy atom. The predicted molar refractivity (Wildman–Crippen MR) is 64.2 cm³/mol. The quantitative estimate of drug-likeness (QED) is 0.769. The Morgan fingerprint density at radius 2 is 1.69 bits per heavy atom. The predicted octanol–water partition coefficient (Wildman–Crippen LogP) is 1.60. The van der Waals surface area contributed by atoms with Gasteiger partial charge < -0.3 is 9.84 Å². The van der Waals surface area contributed by atoms with Gasteiger partial charge in [-0.3, -0.25) is 4.79 Å². The molecule has 1 N–H and O–H groups in total. The van der Waals surface area contributed by atoms with Crippen molar-refractivity contribution in [1.29, 1.82) is 0 Å². The molecular weight excluding hydrogens is 228 g/mol. The highest BCUT2D eigenvalue weighted by Crippen LogP contribution is 2.31. The first-order chi connectivity index (χ1) is 7.02. The van der Waals surface area contributed by atoms with E-state index in [1.807, 2.05) is 20.8 Å². The van der Waals surface area contributed by atoms with Crippen molar-refractivity contribution >= 4 is 22.8 Å². The lowest BCUT2D eigenvalue weighted by Crippen LogP contribution is -2.45. The van der Waals surface area contributed by atoms with Crippen LogP contribution in [-0.2, 0) is 14.3 Å². The van der Waals surface area contributed by atoms with Gasteiger partial charge in [-0.2, -0.15) is 0 Å². The zero-order chi connectivity index (χ0) is 13.1. The molecule has 0 aliphatic heterocycles. The molecule has 0 spiro atoms. The molecule has 0 aromatic heterocycles. The summed E-state index contributed by atoms with van der Waals surface area (Å²) in [5, 5.41) is 9.69. The number of esters is 1. The highest BCUT2D eigenvalue weighted by molar-refractivity contribution is 8.14. The van der Waals surface area contributed by atoms with E-state index in [2.05, 4.69) is 4.74 Å². The Morgan fingerprint density at radius 1 is 1.25 bits per heavy atom. The summed E-state index contributed by atoms with van der Waals surface area (Å²) in [6, 6.07) is 0. The molecule has 0 bridgehead atoms. The number of hydrogen-bond donors (Lipinski definition) is 1. The minimum absolute atomic E-state index is 0.220. The molecule has 0 aromatic carbocycles. The fourth-order valence-electron chi connectivity index (χ4n) is 1.00. The molecule has 0 aliphatic rings. The molecule has 0 unspecified atom stereocenters. The molecule has 0 aromatic rings. The SMILES string of the molecule is COC(=O)[C@](C)(O)[C@@H](C)C(=O)SC(C)(C)C. The maximum absolute atomic E-state index is 11.8.